The molecule has 5 heteroatoms. The molecule has 5 nitrogen and oxygen atoms in total. The van der Waals surface area contributed by atoms with E-state index in [1.165, 1.54) is 38.2 Å². The minimum Gasteiger partial charge on any atom is -0.472 e. The largest absolute Gasteiger partial charge is 0.472 e. The average Bonchev–Trinajstić information content (AvgIpc) is 3.03. The molecule has 21 heavy (non-hydrogen) atoms. The quantitative estimate of drug-likeness (QED) is 0.869. The van der Waals surface area contributed by atoms with E-state index in [0.717, 1.165) is 12.8 Å². The third kappa shape index (κ3) is 3.28. The van der Waals surface area contributed by atoms with Gasteiger partial charge in [-0.3, -0.25) is 9.59 Å². The van der Waals surface area contributed by atoms with Crippen LogP contribution >= 0.6 is 0 Å². The molecule has 0 radical (unpaired) electrons. The summed E-state index contributed by atoms with van der Waals surface area (Å²) in [5, 5.41) is 2.93. The van der Waals surface area contributed by atoms with Crippen molar-refractivity contribution in [2.45, 2.75) is 57.0 Å². The van der Waals surface area contributed by atoms with Crippen molar-refractivity contribution in [1.82, 2.24) is 10.2 Å². The van der Waals surface area contributed by atoms with Crippen LogP contribution in [0.2, 0.25) is 0 Å². The second kappa shape index (κ2) is 6.33. The third-order valence-electron chi connectivity index (χ3n) is 4.54. The van der Waals surface area contributed by atoms with E-state index in [1.54, 1.807) is 6.07 Å². The van der Waals surface area contributed by atoms with Crippen molar-refractivity contribution in [3.8, 4) is 0 Å². The minimum atomic E-state index is -0.163. The van der Waals surface area contributed by atoms with Crippen molar-refractivity contribution in [2.75, 3.05) is 6.54 Å². The maximum absolute atomic E-state index is 12.2. The summed E-state index contributed by atoms with van der Waals surface area (Å²) < 4.78 is 4.91. The summed E-state index contributed by atoms with van der Waals surface area (Å²) in [5.74, 6) is 0.0173. The molecule has 114 valence electrons. The fourth-order valence-electron chi connectivity index (χ4n) is 3.41. The van der Waals surface area contributed by atoms with Crippen LogP contribution in [0.15, 0.2) is 23.0 Å². The summed E-state index contributed by atoms with van der Waals surface area (Å²) in [5.41, 5.74) is 0.510. The Bertz CT molecular complexity index is 490. The van der Waals surface area contributed by atoms with Crippen molar-refractivity contribution in [1.29, 1.82) is 0 Å². The number of hydrogen-bond acceptors (Lipinski definition) is 3. The zero-order valence-corrected chi connectivity index (χ0v) is 12.2. The normalized spacial score (nSPS) is 24.1. The summed E-state index contributed by atoms with van der Waals surface area (Å²) in [6, 6.07) is 1.92. The van der Waals surface area contributed by atoms with E-state index < -0.39 is 0 Å². The van der Waals surface area contributed by atoms with Gasteiger partial charge in [-0.25, -0.2) is 0 Å². The lowest BCUT2D eigenvalue weighted by Crippen LogP contribution is -2.40. The van der Waals surface area contributed by atoms with Crippen molar-refractivity contribution in [2.24, 2.45) is 0 Å². The Hall–Kier alpha value is -1.78. The Morgan fingerprint density at radius 1 is 1.24 bits per heavy atom. The monoisotopic (exact) mass is 290 g/mol. The molecule has 1 atom stereocenters. The van der Waals surface area contributed by atoms with Crippen LogP contribution in [0.5, 0.6) is 0 Å². The molecule has 1 aliphatic carbocycles. The first-order valence-electron chi connectivity index (χ1n) is 7.86. The topological polar surface area (TPSA) is 62.6 Å². The van der Waals surface area contributed by atoms with Gasteiger partial charge in [-0.05, 0) is 18.9 Å². The smallest absolute Gasteiger partial charge is 0.254 e. The number of rotatable bonds is 3. The molecule has 2 fully saturated rings. The third-order valence-corrected chi connectivity index (χ3v) is 4.54. The zero-order chi connectivity index (χ0) is 14.7. The maximum atomic E-state index is 12.2. The summed E-state index contributed by atoms with van der Waals surface area (Å²) in [6.45, 7) is 0.646. The highest BCUT2D eigenvalue weighted by atomic mass is 16.3. The first-order chi connectivity index (χ1) is 10.2. The van der Waals surface area contributed by atoms with Crippen LogP contribution in [-0.4, -0.2) is 35.3 Å². The molecule has 1 aromatic rings. The molecule has 1 saturated heterocycles. The molecule has 1 N–H and O–H groups in total. The molecule has 0 aromatic carbocycles. The highest BCUT2D eigenvalue weighted by Crippen LogP contribution is 2.25. The van der Waals surface area contributed by atoms with Crippen LogP contribution in [0.25, 0.3) is 0 Å². The van der Waals surface area contributed by atoms with Crippen molar-refractivity contribution < 1.29 is 14.0 Å². The molecule has 2 aliphatic rings. The fourth-order valence-corrected chi connectivity index (χ4v) is 3.41. The van der Waals surface area contributed by atoms with Crippen LogP contribution in [0.4, 0.5) is 0 Å². The van der Waals surface area contributed by atoms with E-state index in [9.17, 15) is 9.59 Å². The number of furan rings is 1. The molecule has 1 aliphatic heterocycles. The lowest BCUT2D eigenvalue weighted by molar-refractivity contribution is -0.129. The number of nitrogens with one attached hydrogen (secondary N) is 1. The van der Waals surface area contributed by atoms with Crippen molar-refractivity contribution >= 4 is 11.8 Å². The van der Waals surface area contributed by atoms with E-state index in [2.05, 4.69) is 5.32 Å². The van der Waals surface area contributed by atoms with Gasteiger partial charge in [0.05, 0.1) is 17.9 Å². The predicted molar refractivity (Wildman–Crippen MR) is 77.8 cm³/mol. The van der Waals surface area contributed by atoms with E-state index in [1.807, 2.05) is 4.90 Å². The van der Waals surface area contributed by atoms with E-state index in [-0.39, 0.29) is 17.9 Å². The van der Waals surface area contributed by atoms with E-state index >= 15 is 0 Å². The summed E-state index contributed by atoms with van der Waals surface area (Å²) in [4.78, 5) is 26.2. The second-order valence-corrected chi connectivity index (χ2v) is 6.08. The van der Waals surface area contributed by atoms with Gasteiger partial charge in [-0.15, -0.1) is 0 Å². The predicted octanol–water partition coefficient (Wildman–Crippen LogP) is 2.33. The second-order valence-electron chi connectivity index (χ2n) is 6.08. The van der Waals surface area contributed by atoms with Crippen LogP contribution in [0, 0.1) is 0 Å². The molecule has 0 bridgehead atoms. The van der Waals surface area contributed by atoms with Gasteiger partial charge in [-0.2, -0.15) is 0 Å². The van der Waals surface area contributed by atoms with Gasteiger partial charge in [0.15, 0.2) is 0 Å². The van der Waals surface area contributed by atoms with Crippen LogP contribution in [0.3, 0.4) is 0 Å². The molecule has 0 spiro atoms. The number of nitrogens with zero attached hydrogens (tertiary/aromatic N) is 1. The molecule has 3 rings (SSSR count). The van der Waals surface area contributed by atoms with Crippen LogP contribution in [-0.2, 0) is 4.79 Å². The molecular formula is C16H22N2O3. The Morgan fingerprint density at radius 2 is 2.00 bits per heavy atom. The maximum Gasteiger partial charge on any atom is 0.254 e. The van der Waals surface area contributed by atoms with Gasteiger partial charge >= 0.3 is 0 Å². The SMILES string of the molecule is O=C(N[C@H]1CC(=O)N(C2CCCCCC2)C1)c1ccoc1. The zero-order valence-electron chi connectivity index (χ0n) is 12.2. The first-order valence-corrected chi connectivity index (χ1v) is 7.86. The van der Waals surface area contributed by atoms with Gasteiger partial charge in [0.1, 0.15) is 6.26 Å². The molecule has 2 heterocycles. The lowest BCUT2D eigenvalue weighted by atomic mass is 10.1. The minimum absolute atomic E-state index is 0.0804. The standard InChI is InChI=1S/C16H22N2O3/c19-15-9-13(17-16(20)12-7-8-21-11-12)10-18(15)14-5-3-1-2-4-6-14/h7-8,11,13-14H,1-6,9-10H2,(H,17,20)/t13-/m0/s1. The Balaban J connectivity index is 1.57. The van der Waals surface area contributed by atoms with E-state index in [0.29, 0.717) is 24.6 Å². The lowest BCUT2D eigenvalue weighted by Gasteiger charge is -2.27. The number of hydrogen-bond donors (Lipinski definition) is 1. The van der Waals surface area contributed by atoms with Gasteiger partial charge in [0.2, 0.25) is 5.91 Å². The Kier molecular flexibility index (Phi) is 4.27. The average molecular weight is 290 g/mol. The number of amides is 2. The van der Waals surface area contributed by atoms with E-state index in [4.69, 9.17) is 4.42 Å². The Morgan fingerprint density at radius 3 is 2.67 bits per heavy atom. The van der Waals surface area contributed by atoms with Gasteiger partial charge in [0.25, 0.3) is 5.91 Å². The summed E-state index contributed by atoms with van der Waals surface area (Å²) in [7, 11) is 0. The molecule has 0 unspecified atom stereocenters. The van der Waals surface area contributed by atoms with Crippen LogP contribution in [0.1, 0.15) is 55.3 Å². The van der Waals surface area contributed by atoms with Crippen molar-refractivity contribution in [3.63, 3.8) is 0 Å². The number of carbonyl (C=O) groups excluding carboxylic acids is 2. The molecule has 1 aromatic heterocycles. The van der Waals surface area contributed by atoms with Crippen molar-refractivity contribution in [3.05, 3.63) is 24.2 Å². The first kappa shape index (κ1) is 14.2. The molecule has 2 amide bonds. The number of carbonyl (C=O) groups is 2. The highest BCUT2D eigenvalue weighted by Gasteiger charge is 2.35. The van der Waals surface area contributed by atoms with Gasteiger partial charge in [-0.1, -0.05) is 25.7 Å². The van der Waals surface area contributed by atoms with Gasteiger partial charge < -0.3 is 14.6 Å². The summed E-state index contributed by atoms with van der Waals surface area (Å²) >= 11 is 0. The molecular weight excluding hydrogens is 268 g/mol. The van der Waals surface area contributed by atoms with Gasteiger partial charge in [0, 0.05) is 19.0 Å². The Labute approximate surface area is 124 Å². The fraction of sp³-hybridized carbons (Fsp3) is 0.625. The highest BCUT2D eigenvalue weighted by molar-refractivity contribution is 5.94. The molecule has 1 saturated carbocycles. The van der Waals surface area contributed by atoms with Crippen LogP contribution < -0.4 is 5.32 Å². The number of likely N-dealkylation sites (tertiary alicyclic amines) is 1. The summed E-state index contributed by atoms with van der Waals surface area (Å²) in [6.07, 6.45) is 10.5.